The van der Waals surface area contributed by atoms with Gasteiger partial charge in [0.15, 0.2) is 0 Å². The first-order valence-corrected chi connectivity index (χ1v) is 7.66. The Balaban J connectivity index is 2.04. The van der Waals surface area contributed by atoms with Crippen LogP contribution < -0.4 is 5.32 Å². The molecule has 0 radical (unpaired) electrons. The van der Waals surface area contributed by atoms with Crippen molar-refractivity contribution >= 4 is 11.7 Å². The predicted octanol–water partition coefficient (Wildman–Crippen LogP) is 1.85. The predicted molar refractivity (Wildman–Crippen MR) is 85.7 cm³/mol. The minimum atomic E-state index is 0.0780. The number of likely N-dealkylation sites (tertiary alicyclic amines) is 1. The van der Waals surface area contributed by atoms with Crippen LogP contribution >= 0.6 is 0 Å². The summed E-state index contributed by atoms with van der Waals surface area (Å²) >= 11 is 0. The van der Waals surface area contributed by atoms with E-state index in [9.17, 15) is 4.79 Å². The van der Waals surface area contributed by atoms with E-state index < -0.39 is 0 Å². The fourth-order valence-electron chi connectivity index (χ4n) is 2.93. The van der Waals surface area contributed by atoms with Gasteiger partial charge in [-0.15, -0.1) is 0 Å². The van der Waals surface area contributed by atoms with Gasteiger partial charge in [0.05, 0.1) is 0 Å². The summed E-state index contributed by atoms with van der Waals surface area (Å²) in [7, 11) is 4.03. The molecule has 21 heavy (non-hydrogen) atoms. The van der Waals surface area contributed by atoms with Crippen LogP contribution in [0.4, 0.5) is 5.82 Å². The largest absolute Gasteiger partial charge is 0.370 e. The average Bonchev–Trinajstić information content (AvgIpc) is 2.83. The minimum Gasteiger partial charge on any atom is -0.370 e. The van der Waals surface area contributed by atoms with E-state index in [4.69, 9.17) is 0 Å². The highest BCUT2D eigenvalue weighted by atomic mass is 16.2. The molecular weight excluding hydrogens is 264 g/mol. The third-order valence-electron chi connectivity index (χ3n) is 3.93. The highest BCUT2D eigenvalue weighted by Crippen LogP contribution is 2.17. The highest BCUT2D eigenvalue weighted by Gasteiger charge is 2.23. The van der Waals surface area contributed by atoms with Crippen LogP contribution in [0.1, 0.15) is 29.4 Å². The van der Waals surface area contributed by atoms with E-state index in [1.54, 1.807) is 0 Å². The second-order valence-corrected chi connectivity index (χ2v) is 6.02. The van der Waals surface area contributed by atoms with Crippen molar-refractivity contribution in [3.8, 4) is 0 Å². The SMILES string of the molecule is CCNc1cc(C(=O)N(C)CC2CCN(C)C2)cc(C)n1. The number of rotatable bonds is 5. The van der Waals surface area contributed by atoms with Gasteiger partial charge in [0.2, 0.25) is 0 Å². The zero-order valence-corrected chi connectivity index (χ0v) is 13.5. The Hall–Kier alpha value is -1.62. The van der Waals surface area contributed by atoms with E-state index >= 15 is 0 Å². The summed E-state index contributed by atoms with van der Waals surface area (Å²) in [6.45, 7) is 7.77. The molecular formula is C16H26N4O. The van der Waals surface area contributed by atoms with E-state index in [0.29, 0.717) is 11.5 Å². The number of nitrogens with one attached hydrogen (secondary N) is 1. The van der Waals surface area contributed by atoms with Crippen LogP contribution in [0.15, 0.2) is 12.1 Å². The Morgan fingerprint density at radius 3 is 2.90 bits per heavy atom. The fourth-order valence-corrected chi connectivity index (χ4v) is 2.93. The molecule has 116 valence electrons. The van der Waals surface area contributed by atoms with Crippen molar-refractivity contribution < 1.29 is 4.79 Å². The molecule has 0 bridgehead atoms. The van der Waals surface area contributed by atoms with Gasteiger partial charge in [0.1, 0.15) is 5.82 Å². The summed E-state index contributed by atoms with van der Waals surface area (Å²) in [6, 6.07) is 3.70. The van der Waals surface area contributed by atoms with Crippen molar-refractivity contribution in [3.05, 3.63) is 23.4 Å². The number of anilines is 1. The summed E-state index contributed by atoms with van der Waals surface area (Å²) in [5.41, 5.74) is 1.58. The molecule has 1 aliphatic rings. The van der Waals surface area contributed by atoms with Gasteiger partial charge in [-0.3, -0.25) is 4.79 Å². The van der Waals surface area contributed by atoms with Crippen LogP contribution in [0.5, 0.6) is 0 Å². The van der Waals surface area contributed by atoms with Crippen LogP contribution in [0, 0.1) is 12.8 Å². The monoisotopic (exact) mass is 290 g/mol. The lowest BCUT2D eigenvalue weighted by Crippen LogP contribution is -2.33. The Morgan fingerprint density at radius 2 is 2.29 bits per heavy atom. The summed E-state index contributed by atoms with van der Waals surface area (Å²) in [5.74, 6) is 1.43. The van der Waals surface area contributed by atoms with Crippen LogP contribution in [0.3, 0.4) is 0 Å². The van der Waals surface area contributed by atoms with Gasteiger partial charge in [-0.2, -0.15) is 0 Å². The topological polar surface area (TPSA) is 48.5 Å². The lowest BCUT2D eigenvalue weighted by molar-refractivity contribution is 0.0774. The molecule has 1 N–H and O–H groups in total. The molecule has 1 saturated heterocycles. The summed E-state index contributed by atoms with van der Waals surface area (Å²) in [4.78, 5) is 21.1. The molecule has 5 nitrogen and oxygen atoms in total. The van der Waals surface area contributed by atoms with Gasteiger partial charge in [-0.1, -0.05) is 0 Å². The molecule has 0 aliphatic carbocycles. The van der Waals surface area contributed by atoms with E-state index in [2.05, 4.69) is 22.2 Å². The first-order chi connectivity index (χ1) is 9.99. The number of carbonyl (C=O) groups excluding carboxylic acids is 1. The smallest absolute Gasteiger partial charge is 0.253 e. The molecule has 1 aromatic rings. The van der Waals surface area contributed by atoms with Crippen LogP contribution in [0.25, 0.3) is 0 Å². The number of nitrogens with zero attached hydrogens (tertiary/aromatic N) is 3. The number of pyridine rings is 1. The number of aryl methyl sites for hydroxylation is 1. The van der Waals surface area contributed by atoms with Crippen molar-refractivity contribution in [1.82, 2.24) is 14.8 Å². The van der Waals surface area contributed by atoms with Gasteiger partial charge in [0.25, 0.3) is 5.91 Å². The zero-order valence-electron chi connectivity index (χ0n) is 13.5. The third-order valence-corrected chi connectivity index (χ3v) is 3.93. The van der Waals surface area contributed by atoms with Crippen molar-refractivity contribution in [2.75, 3.05) is 45.6 Å². The molecule has 0 saturated carbocycles. The van der Waals surface area contributed by atoms with Gasteiger partial charge < -0.3 is 15.1 Å². The molecule has 5 heteroatoms. The van der Waals surface area contributed by atoms with E-state index in [1.807, 2.05) is 37.9 Å². The summed E-state index contributed by atoms with van der Waals surface area (Å²) in [5, 5.41) is 3.17. The molecule has 1 atom stereocenters. The van der Waals surface area contributed by atoms with E-state index in [1.165, 1.54) is 6.42 Å². The van der Waals surface area contributed by atoms with Gasteiger partial charge in [-0.05, 0) is 51.9 Å². The maximum atomic E-state index is 12.6. The summed E-state index contributed by atoms with van der Waals surface area (Å²) < 4.78 is 0. The van der Waals surface area contributed by atoms with E-state index in [-0.39, 0.29) is 5.91 Å². The molecule has 0 spiro atoms. The second kappa shape index (κ2) is 6.89. The maximum absolute atomic E-state index is 12.6. The number of aromatic nitrogens is 1. The Bertz CT molecular complexity index is 503. The molecule has 0 aromatic carbocycles. The summed E-state index contributed by atoms with van der Waals surface area (Å²) in [6.07, 6.45) is 1.17. The number of hydrogen-bond donors (Lipinski definition) is 1. The molecule has 1 unspecified atom stereocenters. The van der Waals surface area contributed by atoms with Crippen LogP contribution in [-0.4, -0.2) is 61.0 Å². The maximum Gasteiger partial charge on any atom is 0.253 e. The van der Waals surface area contributed by atoms with E-state index in [0.717, 1.165) is 37.7 Å². The normalized spacial score (nSPS) is 18.8. The Kier molecular flexibility index (Phi) is 5.17. The fraction of sp³-hybridized carbons (Fsp3) is 0.625. The standard InChI is InChI=1S/C16H26N4O/c1-5-17-15-9-14(8-12(2)18-15)16(21)20(4)11-13-6-7-19(3)10-13/h8-9,13H,5-7,10-11H2,1-4H3,(H,17,18). The Labute approximate surface area is 127 Å². The van der Waals surface area contributed by atoms with Crippen LogP contribution in [-0.2, 0) is 0 Å². The van der Waals surface area contributed by atoms with Gasteiger partial charge in [-0.25, -0.2) is 4.98 Å². The molecule has 1 aliphatic heterocycles. The quantitative estimate of drug-likeness (QED) is 0.899. The molecule has 1 fully saturated rings. The first-order valence-electron chi connectivity index (χ1n) is 7.66. The van der Waals surface area contributed by atoms with Gasteiger partial charge >= 0.3 is 0 Å². The lowest BCUT2D eigenvalue weighted by Gasteiger charge is -2.21. The van der Waals surface area contributed by atoms with Crippen molar-refractivity contribution in [2.24, 2.45) is 5.92 Å². The van der Waals surface area contributed by atoms with Crippen LogP contribution in [0.2, 0.25) is 0 Å². The Morgan fingerprint density at radius 1 is 1.52 bits per heavy atom. The molecule has 1 amide bonds. The minimum absolute atomic E-state index is 0.0780. The lowest BCUT2D eigenvalue weighted by atomic mass is 10.1. The van der Waals surface area contributed by atoms with Gasteiger partial charge in [0, 0.05) is 37.9 Å². The number of hydrogen-bond acceptors (Lipinski definition) is 4. The van der Waals surface area contributed by atoms with Crippen molar-refractivity contribution in [3.63, 3.8) is 0 Å². The zero-order chi connectivity index (χ0) is 15.4. The van der Waals surface area contributed by atoms with Crippen molar-refractivity contribution in [2.45, 2.75) is 20.3 Å². The molecule has 1 aromatic heterocycles. The average molecular weight is 290 g/mol. The number of amides is 1. The number of carbonyl (C=O) groups is 1. The second-order valence-electron chi connectivity index (χ2n) is 6.02. The highest BCUT2D eigenvalue weighted by molar-refractivity contribution is 5.94. The molecule has 2 rings (SSSR count). The van der Waals surface area contributed by atoms with Crippen molar-refractivity contribution in [1.29, 1.82) is 0 Å². The third kappa shape index (κ3) is 4.17. The molecule has 2 heterocycles. The first kappa shape index (κ1) is 15.8.